The zero-order chi connectivity index (χ0) is 20.1. The molecule has 1 amide bonds. The molecule has 2 aromatic carbocycles. The van der Waals surface area contributed by atoms with E-state index in [2.05, 4.69) is 0 Å². The van der Waals surface area contributed by atoms with Crippen molar-refractivity contribution in [1.29, 1.82) is 0 Å². The van der Waals surface area contributed by atoms with Crippen molar-refractivity contribution in [3.63, 3.8) is 0 Å². The molecule has 1 atom stereocenters. The first kappa shape index (κ1) is 18.5. The van der Waals surface area contributed by atoms with Crippen molar-refractivity contribution < 1.29 is 13.2 Å². The number of likely N-dealkylation sites (tertiary alicyclic amines) is 1. The van der Waals surface area contributed by atoms with Gasteiger partial charge in [-0.15, -0.1) is 11.3 Å². The zero-order valence-corrected chi connectivity index (χ0v) is 17.3. The third-order valence-corrected chi connectivity index (χ3v) is 8.70. The Morgan fingerprint density at radius 2 is 1.76 bits per heavy atom. The fourth-order valence-electron chi connectivity index (χ4n) is 4.49. The van der Waals surface area contributed by atoms with E-state index in [1.165, 1.54) is 11.3 Å². The quantitative estimate of drug-likeness (QED) is 0.644. The summed E-state index contributed by atoms with van der Waals surface area (Å²) in [6.07, 6.45) is 0.590. The summed E-state index contributed by atoms with van der Waals surface area (Å²) in [5, 5.41) is 1.89. The van der Waals surface area contributed by atoms with Gasteiger partial charge >= 0.3 is 0 Å². The molecule has 148 valence electrons. The van der Waals surface area contributed by atoms with Crippen LogP contribution in [0.2, 0.25) is 0 Å². The highest BCUT2D eigenvalue weighted by molar-refractivity contribution is 7.89. The van der Waals surface area contributed by atoms with Crippen LogP contribution < -0.4 is 0 Å². The summed E-state index contributed by atoms with van der Waals surface area (Å²) < 4.78 is 28.6. The molecule has 7 heteroatoms. The van der Waals surface area contributed by atoms with Crippen LogP contribution in [0, 0.1) is 0 Å². The molecule has 5 nitrogen and oxygen atoms in total. The van der Waals surface area contributed by atoms with Crippen LogP contribution >= 0.6 is 11.3 Å². The van der Waals surface area contributed by atoms with Gasteiger partial charge in [-0.1, -0.05) is 54.6 Å². The van der Waals surface area contributed by atoms with E-state index in [0.29, 0.717) is 35.8 Å². The first-order chi connectivity index (χ1) is 14.0. The van der Waals surface area contributed by atoms with E-state index < -0.39 is 15.6 Å². The Bertz CT molecular complexity index is 1160. The Morgan fingerprint density at radius 1 is 1.00 bits per heavy atom. The molecule has 2 aliphatic rings. The number of benzene rings is 2. The lowest BCUT2D eigenvalue weighted by Gasteiger charge is -2.34. The molecule has 2 aliphatic heterocycles. The Morgan fingerprint density at radius 3 is 2.52 bits per heavy atom. The second-order valence-corrected chi connectivity index (χ2v) is 10.3. The first-order valence-corrected chi connectivity index (χ1v) is 11.8. The summed E-state index contributed by atoms with van der Waals surface area (Å²) in [4.78, 5) is 15.8. The molecule has 0 saturated carbocycles. The number of thiophene rings is 1. The molecular formula is C22H20N2O3S2. The maximum absolute atomic E-state index is 13.5. The topological polar surface area (TPSA) is 57.7 Å². The molecule has 1 aromatic heterocycles. The molecule has 3 heterocycles. The molecule has 1 spiro atoms. The van der Waals surface area contributed by atoms with Crippen molar-refractivity contribution in [2.75, 3.05) is 13.1 Å². The SMILES string of the molecule is O=C(c1cccs1)N1CCC2(C1)c1ccccc1S(=O)(=O)N2Cc1ccccc1. The average molecular weight is 425 g/mol. The van der Waals surface area contributed by atoms with Crippen LogP contribution in [-0.2, 0) is 22.1 Å². The van der Waals surface area contributed by atoms with Crippen molar-refractivity contribution in [2.24, 2.45) is 0 Å². The van der Waals surface area contributed by atoms with Gasteiger partial charge in [-0.3, -0.25) is 4.79 Å². The summed E-state index contributed by atoms with van der Waals surface area (Å²) in [6.45, 7) is 1.19. The van der Waals surface area contributed by atoms with Crippen molar-refractivity contribution >= 4 is 27.3 Å². The highest BCUT2D eigenvalue weighted by Crippen LogP contribution is 2.50. The third-order valence-electron chi connectivity index (χ3n) is 5.87. The van der Waals surface area contributed by atoms with Crippen molar-refractivity contribution in [3.8, 4) is 0 Å². The van der Waals surface area contributed by atoms with Gasteiger partial charge in [-0.05, 0) is 35.1 Å². The van der Waals surface area contributed by atoms with Gasteiger partial charge in [0.15, 0.2) is 0 Å². The number of rotatable bonds is 3. The van der Waals surface area contributed by atoms with Gasteiger partial charge in [0.2, 0.25) is 10.0 Å². The van der Waals surface area contributed by atoms with E-state index >= 15 is 0 Å². The number of fused-ring (bicyclic) bond motifs is 2. The van der Waals surface area contributed by atoms with Gasteiger partial charge in [0.25, 0.3) is 5.91 Å². The van der Waals surface area contributed by atoms with Crippen molar-refractivity contribution in [2.45, 2.75) is 23.4 Å². The number of amides is 1. The lowest BCUT2D eigenvalue weighted by Crippen LogP contribution is -2.46. The summed E-state index contributed by atoms with van der Waals surface area (Å²) in [5.74, 6) is -0.0293. The van der Waals surface area contributed by atoms with E-state index in [9.17, 15) is 13.2 Å². The molecule has 1 saturated heterocycles. The maximum atomic E-state index is 13.5. The third kappa shape index (κ3) is 2.84. The van der Waals surface area contributed by atoms with Gasteiger partial charge in [-0.25, -0.2) is 8.42 Å². The second kappa shape index (κ2) is 6.79. The number of hydrogen-bond donors (Lipinski definition) is 0. The Hall–Kier alpha value is -2.48. The van der Waals surface area contributed by atoms with E-state index in [-0.39, 0.29) is 5.91 Å². The summed E-state index contributed by atoms with van der Waals surface area (Å²) in [6, 6.07) is 20.5. The molecule has 1 unspecified atom stereocenters. The lowest BCUT2D eigenvalue weighted by molar-refractivity contribution is 0.0767. The molecule has 0 N–H and O–H groups in total. The van der Waals surface area contributed by atoms with Crippen molar-refractivity contribution in [3.05, 3.63) is 88.1 Å². The van der Waals surface area contributed by atoms with Gasteiger partial charge in [-0.2, -0.15) is 4.31 Å². The molecule has 0 radical (unpaired) electrons. The smallest absolute Gasteiger partial charge is 0.263 e. The Balaban J connectivity index is 1.58. The van der Waals surface area contributed by atoms with Gasteiger partial charge < -0.3 is 4.90 Å². The predicted octanol–water partition coefficient (Wildman–Crippen LogP) is 3.69. The number of sulfonamides is 1. The molecule has 5 rings (SSSR count). The molecule has 1 fully saturated rings. The van der Waals surface area contributed by atoms with Crippen LogP contribution in [0.15, 0.2) is 77.0 Å². The Labute approximate surface area is 174 Å². The number of carbonyl (C=O) groups is 1. The van der Waals surface area contributed by atoms with Crippen LogP contribution in [0.1, 0.15) is 27.2 Å². The first-order valence-electron chi connectivity index (χ1n) is 9.51. The molecule has 0 aliphatic carbocycles. The summed E-state index contributed by atoms with van der Waals surface area (Å²) >= 11 is 1.41. The Kier molecular flexibility index (Phi) is 4.34. The van der Waals surface area contributed by atoms with Gasteiger partial charge in [0.1, 0.15) is 0 Å². The molecular weight excluding hydrogens is 404 g/mol. The average Bonchev–Trinajstić information content (AvgIpc) is 3.46. The monoisotopic (exact) mass is 424 g/mol. The normalized spacial score (nSPS) is 22.8. The van der Waals surface area contributed by atoms with Crippen LogP contribution in [0.4, 0.5) is 0 Å². The minimum absolute atomic E-state index is 0.0293. The lowest BCUT2D eigenvalue weighted by atomic mass is 9.88. The molecule has 0 bridgehead atoms. The molecule has 3 aromatic rings. The van der Waals surface area contributed by atoms with E-state index in [1.54, 1.807) is 21.3 Å². The highest BCUT2D eigenvalue weighted by atomic mass is 32.2. The van der Waals surface area contributed by atoms with E-state index in [0.717, 1.165) is 11.1 Å². The standard InChI is InChI=1S/C22H20N2O3S2/c25-21(19-10-6-14-28-19)23-13-12-22(16-23)18-9-4-5-11-20(18)29(26,27)24(22)15-17-7-2-1-3-8-17/h1-11,14H,12-13,15-16H2. The second-order valence-electron chi connectivity index (χ2n) is 7.48. The zero-order valence-electron chi connectivity index (χ0n) is 15.7. The van der Waals surface area contributed by atoms with Crippen LogP contribution in [0.5, 0.6) is 0 Å². The van der Waals surface area contributed by atoms with Crippen LogP contribution in [-0.4, -0.2) is 36.6 Å². The van der Waals surface area contributed by atoms with E-state index in [1.807, 2.05) is 60.0 Å². The van der Waals surface area contributed by atoms with Gasteiger partial charge in [0, 0.05) is 19.6 Å². The summed E-state index contributed by atoms with van der Waals surface area (Å²) in [7, 11) is -3.64. The predicted molar refractivity (Wildman–Crippen MR) is 112 cm³/mol. The maximum Gasteiger partial charge on any atom is 0.263 e. The van der Waals surface area contributed by atoms with Crippen LogP contribution in [0.25, 0.3) is 0 Å². The molecule has 29 heavy (non-hydrogen) atoms. The minimum Gasteiger partial charge on any atom is -0.336 e. The fourth-order valence-corrected chi connectivity index (χ4v) is 7.23. The number of carbonyl (C=O) groups excluding carboxylic acids is 1. The minimum atomic E-state index is -3.64. The van der Waals surface area contributed by atoms with Crippen molar-refractivity contribution in [1.82, 2.24) is 9.21 Å². The van der Waals surface area contributed by atoms with Gasteiger partial charge in [0.05, 0.1) is 15.3 Å². The van der Waals surface area contributed by atoms with E-state index in [4.69, 9.17) is 0 Å². The number of nitrogens with zero attached hydrogens (tertiary/aromatic N) is 2. The largest absolute Gasteiger partial charge is 0.336 e. The highest BCUT2D eigenvalue weighted by Gasteiger charge is 2.57. The number of hydrogen-bond acceptors (Lipinski definition) is 4. The summed E-state index contributed by atoms with van der Waals surface area (Å²) in [5.41, 5.74) is 1.02. The van der Waals surface area contributed by atoms with Crippen LogP contribution in [0.3, 0.4) is 0 Å². The fraction of sp³-hybridized carbons (Fsp3) is 0.227.